The zero-order valence-electron chi connectivity index (χ0n) is 8.97. The number of aryl methyl sites for hydroxylation is 1. The third-order valence-corrected chi connectivity index (χ3v) is 4.50. The number of rotatable bonds is 5. The van der Waals surface area contributed by atoms with E-state index in [0.29, 0.717) is 3.92 Å². The predicted octanol–water partition coefficient (Wildman–Crippen LogP) is 3.55. The van der Waals surface area contributed by atoms with E-state index in [0.717, 1.165) is 25.8 Å². The van der Waals surface area contributed by atoms with Crippen LogP contribution in [0, 0.1) is 3.57 Å². The van der Waals surface area contributed by atoms with Gasteiger partial charge >= 0.3 is 0 Å². The molecule has 1 rings (SSSR count). The van der Waals surface area contributed by atoms with Gasteiger partial charge in [-0.05, 0) is 65.6 Å². The molecule has 84 valence electrons. The summed E-state index contributed by atoms with van der Waals surface area (Å²) < 4.78 is 2.06. The molecular formula is C12H17I2N. The Morgan fingerprint density at radius 1 is 1.40 bits per heavy atom. The molecule has 1 aromatic carbocycles. The summed E-state index contributed by atoms with van der Waals surface area (Å²) in [6.45, 7) is 2.99. The van der Waals surface area contributed by atoms with Crippen molar-refractivity contribution < 1.29 is 0 Å². The van der Waals surface area contributed by atoms with Crippen LogP contribution in [0.3, 0.4) is 0 Å². The molecule has 0 unspecified atom stereocenters. The average Bonchev–Trinajstić information content (AvgIpc) is 2.18. The molecule has 0 spiro atoms. The summed E-state index contributed by atoms with van der Waals surface area (Å²) in [6.07, 6.45) is 3.36. The van der Waals surface area contributed by atoms with Crippen molar-refractivity contribution in [3.63, 3.8) is 0 Å². The van der Waals surface area contributed by atoms with Crippen LogP contribution in [0.5, 0.6) is 0 Å². The SMILES string of the molecule is CCc1ccc(C[C@H](I)CCN)cc1I. The van der Waals surface area contributed by atoms with Gasteiger partial charge in [0, 0.05) is 7.49 Å². The second kappa shape index (κ2) is 7.06. The van der Waals surface area contributed by atoms with Gasteiger partial charge in [-0.15, -0.1) is 0 Å². The smallest absolute Gasteiger partial charge is 0.0164 e. The third kappa shape index (κ3) is 4.56. The average molecular weight is 429 g/mol. The van der Waals surface area contributed by atoms with Gasteiger partial charge in [-0.1, -0.05) is 41.6 Å². The summed E-state index contributed by atoms with van der Waals surface area (Å²) in [5, 5.41) is 0. The van der Waals surface area contributed by atoms with Gasteiger partial charge in [-0.2, -0.15) is 0 Å². The summed E-state index contributed by atoms with van der Waals surface area (Å²) in [5.41, 5.74) is 8.43. The van der Waals surface area contributed by atoms with Gasteiger partial charge in [0.15, 0.2) is 0 Å². The zero-order chi connectivity index (χ0) is 11.3. The van der Waals surface area contributed by atoms with Gasteiger partial charge in [0.25, 0.3) is 0 Å². The molecule has 2 N–H and O–H groups in total. The summed E-state index contributed by atoms with van der Waals surface area (Å²) in [7, 11) is 0. The monoisotopic (exact) mass is 429 g/mol. The van der Waals surface area contributed by atoms with Crippen LogP contribution in [0.4, 0.5) is 0 Å². The number of hydrogen-bond donors (Lipinski definition) is 1. The van der Waals surface area contributed by atoms with E-state index in [1.54, 1.807) is 0 Å². The number of hydrogen-bond acceptors (Lipinski definition) is 1. The molecule has 0 amide bonds. The summed E-state index contributed by atoms with van der Waals surface area (Å²) in [4.78, 5) is 0. The Balaban J connectivity index is 2.66. The van der Waals surface area contributed by atoms with Crippen molar-refractivity contribution in [1.29, 1.82) is 0 Å². The van der Waals surface area contributed by atoms with Gasteiger partial charge in [0.1, 0.15) is 0 Å². The van der Waals surface area contributed by atoms with E-state index in [9.17, 15) is 0 Å². The molecule has 3 heteroatoms. The maximum absolute atomic E-state index is 5.55. The predicted molar refractivity (Wildman–Crippen MR) is 83.7 cm³/mol. The van der Waals surface area contributed by atoms with Crippen molar-refractivity contribution in [2.75, 3.05) is 6.54 Å². The van der Waals surface area contributed by atoms with E-state index in [4.69, 9.17) is 5.73 Å². The number of halogens is 2. The molecule has 1 aromatic rings. The molecule has 15 heavy (non-hydrogen) atoms. The molecule has 0 fully saturated rings. The molecule has 0 saturated carbocycles. The van der Waals surface area contributed by atoms with Crippen molar-refractivity contribution in [1.82, 2.24) is 0 Å². The lowest BCUT2D eigenvalue weighted by Crippen LogP contribution is -2.10. The Morgan fingerprint density at radius 3 is 2.67 bits per heavy atom. The van der Waals surface area contributed by atoms with E-state index in [2.05, 4.69) is 70.3 Å². The van der Waals surface area contributed by atoms with Crippen LogP contribution < -0.4 is 5.73 Å². The van der Waals surface area contributed by atoms with E-state index in [1.807, 2.05) is 0 Å². The Bertz CT molecular complexity index is 312. The van der Waals surface area contributed by atoms with Gasteiger partial charge in [0.2, 0.25) is 0 Å². The Hall–Kier alpha value is 0.640. The van der Waals surface area contributed by atoms with Gasteiger partial charge in [-0.3, -0.25) is 0 Å². The van der Waals surface area contributed by atoms with Gasteiger partial charge < -0.3 is 5.73 Å². The molecule has 0 bridgehead atoms. The molecule has 0 heterocycles. The number of alkyl halides is 1. The molecule has 1 nitrogen and oxygen atoms in total. The lowest BCUT2D eigenvalue weighted by atomic mass is 10.1. The lowest BCUT2D eigenvalue weighted by Gasteiger charge is -2.10. The van der Waals surface area contributed by atoms with Crippen molar-refractivity contribution in [3.05, 3.63) is 32.9 Å². The van der Waals surface area contributed by atoms with Crippen LogP contribution in [-0.2, 0) is 12.8 Å². The van der Waals surface area contributed by atoms with E-state index >= 15 is 0 Å². The maximum atomic E-state index is 5.55. The topological polar surface area (TPSA) is 26.0 Å². The first-order valence-electron chi connectivity index (χ1n) is 5.28. The second-order valence-electron chi connectivity index (χ2n) is 3.66. The van der Waals surface area contributed by atoms with Crippen molar-refractivity contribution in [3.8, 4) is 0 Å². The fourth-order valence-electron chi connectivity index (χ4n) is 1.54. The van der Waals surface area contributed by atoms with Crippen LogP contribution in [0.25, 0.3) is 0 Å². The first kappa shape index (κ1) is 13.7. The van der Waals surface area contributed by atoms with Crippen LogP contribution in [-0.4, -0.2) is 10.5 Å². The normalized spacial score (nSPS) is 12.8. The molecular weight excluding hydrogens is 412 g/mol. The van der Waals surface area contributed by atoms with E-state index in [1.165, 1.54) is 14.7 Å². The fourth-order valence-corrected chi connectivity index (χ4v) is 3.37. The second-order valence-corrected chi connectivity index (χ2v) is 6.58. The summed E-state index contributed by atoms with van der Waals surface area (Å²) in [5.74, 6) is 0. The standard InChI is InChI=1S/C12H17I2N/c1-2-10-4-3-9(8-12(10)14)7-11(13)5-6-15/h3-4,8,11H,2,5-7,15H2,1H3/t11-/m1/s1. The molecule has 1 atom stereocenters. The number of benzene rings is 1. The number of nitrogens with two attached hydrogens (primary N) is 1. The molecule has 0 aliphatic heterocycles. The zero-order valence-corrected chi connectivity index (χ0v) is 13.3. The van der Waals surface area contributed by atoms with Crippen molar-refractivity contribution in [2.45, 2.75) is 30.1 Å². The Morgan fingerprint density at radius 2 is 2.13 bits per heavy atom. The molecule has 0 aliphatic rings. The van der Waals surface area contributed by atoms with Crippen molar-refractivity contribution >= 4 is 45.2 Å². The van der Waals surface area contributed by atoms with Gasteiger partial charge in [0.05, 0.1) is 0 Å². The maximum Gasteiger partial charge on any atom is 0.0164 e. The summed E-state index contributed by atoms with van der Waals surface area (Å²) in [6, 6.07) is 6.81. The Kier molecular flexibility index (Phi) is 6.45. The van der Waals surface area contributed by atoms with Gasteiger partial charge in [-0.25, -0.2) is 0 Å². The lowest BCUT2D eigenvalue weighted by molar-refractivity contribution is 0.785. The Labute approximate surface area is 119 Å². The molecule has 0 aliphatic carbocycles. The molecule has 0 saturated heterocycles. The van der Waals surface area contributed by atoms with Crippen LogP contribution >= 0.6 is 45.2 Å². The third-order valence-electron chi connectivity index (χ3n) is 2.44. The van der Waals surface area contributed by atoms with Crippen LogP contribution in [0.2, 0.25) is 0 Å². The highest BCUT2D eigenvalue weighted by molar-refractivity contribution is 14.1. The highest BCUT2D eigenvalue weighted by atomic mass is 127. The fraction of sp³-hybridized carbons (Fsp3) is 0.500. The van der Waals surface area contributed by atoms with Crippen LogP contribution in [0.15, 0.2) is 18.2 Å². The minimum absolute atomic E-state index is 0.663. The molecule has 0 radical (unpaired) electrons. The first-order valence-corrected chi connectivity index (χ1v) is 7.61. The van der Waals surface area contributed by atoms with E-state index in [-0.39, 0.29) is 0 Å². The quantitative estimate of drug-likeness (QED) is 0.563. The summed E-state index contributed by atoms with van der Waals surface area (Å²) >= 11 is 4.92. The minimum Gasteiger partial charge on any atom is -0.330 e. The first-order chi connectivity index (χ1) is 7.17. The molecule has 0 aromatic heterocycles. The largest absolute Gasteiger partial charge is 0.330 e. The highest BCUT2D eigenvalue weighted by Crippen LogP contribution is 2.19. The van der Waals surface area contributed by atoms with Crippen molar-refractivity contribution in [2.24, 2.45) is 5.73 Å². The van der Waals surface area contributed by atoms with E-state index < -0.39 is 0 Å². The minimum atomic E-state index is 0.663. The van der Waals surface area contributed by atoms with Crippen LogP contribution in [0.1, 0.15) is 24.5 Å². The highest BCUT2D eigenvalue weighted by Gasteiger charge is 2.06.